The molecule has 0 unspecified atom stereocenters. The summed E-state index contributed by atoms with van der Waals surface area (Å²) in [5.74, 6) is 0.345. The number of aromatic amines is 1. The Balaban J connectivity index is 1.71. The molecule has 0 radical (unpaired) electrons. The third-order valence-corrected chi connectivity index (χ3v) is 3.37. The molecule has 1 amide bonds. The van der Waals surface area contributed by atoms with Gasteiger partial charge in [0.15, 0.2) is 0 Å². The summed E-state index contributed by atoms with van der Waals surface area (Å²) in [5, 5.41) is 10.8. The first-order valence-electron chi connectivity index (χ1n) is 7.79. The highest BCUT2D eigenvalue weighted by molar-refractivity contribution is 5.94. The van der Waals surface area contributed by atoms with E-state index < -0.39 is 0 Å². The molecule has 3 aromatic rings. The van der Waals surface area contributed by atoms with Gasteiger partial charge in [-0.2, -0.15) is 10.2 Å². The van der Waals surface area contributed by atoms with Crippen molar-refractivity contribution in [1.82, 2.24) is 20.6 Å². The van der Waals surface area contributed by atoms with E-state index in [1.54, 1.807) is 36.8 Å². The number of aromatic nitrogens is 3. The smallest absolute Gasteiger partial charge is 0.289 e. The molecule has 3 rings (SSSR count). The van der Waals surface area contributed by atoms with Gasteiger partial charge >= 0.3 is 0 Å². The molecule has 126 valence electrons. The minimum absolute atomic E-state index is 0.313. The number of pyridine rings is 1. The first-order valence-corrected chi connectivity index (χ1v) is 7.79. The molecule has 25 heavy (non-hydrogen) atoms. The van der Waals surface area contributed by atoms with Crippen LogP contribution in [0.3, 0.4) is 0 Å². The maximum Gasteiger partial charge on any atom is 0.289 e. The van der Waals surface area contributed by atoms with Gasteiger partial charge in [-0.25, -0.2) is 5.43 Å². The number of rotatable bonds is 6. The van der Waals surface area contributed by atoms with Gasteiger partial charge in [0.2, 0.25) is 0 Å². The lowest BCUT2D eigenvalue weighted by molar-refractivity contribution is 0.0950. The lowest BCUT2D eigenvalue weighted by Crippen LogP contribution is -2.17. The molecule has 1 aromatic carbocycles. The van der Waals surface area contributed by atoms with Crippen LogP contribution in [0.1, 0.15) is 23.0 Å². The molecule has 2 heterocycles. The van der Waals surface area contributed by atoms with Crippen LogP contribution in [0.5, 0.6) is 5.75 Å². The molecular formula is C18H17N5O2. The number of ether oxygens (including phenoxy) is 1. The number of amides is 1. The highest BCUT2D eigenvalue weighted by Gasteiger charge is 2.13. The van der Waals surface area contributed by atoms with E-state index in [1.165, 1.54) is 0 Å². The Morgan fingerprint density at radius 3 is 2.88 bits per heavy atom. The lowest BCUT2D eigenvalue weighted by Gasteiger charge is -2.07. The van der Waals surface area contributed by atoms with E-state index in [0.717, 1.165) is 16.9 Å². The second-order valence-electron chi connectivity index (χ2n) is 5.08. The van der Waals surface area contributed by atoms with Gasteiger partial charge in [-0.1, -0.05) is 12.1 Å². The van der Waals surface area contributed by atoms with Crippen LogP contribution in [0.2, 0.25) is 0 Å². The molecule has 2 N–H and O–H groups in total. The molecule has 0 bridgehead atoms. The van der Waals surface area contributed by atoms with Crippen molar-refractivity contribution >= 4 is 12.1 Å². The summed E-state index contributed by atoms with van der Waals surface area (Å²) in [4.78, 5) is 16.1. The van der Waals surface area contributed by atoms with Crippen molar-refractivity contribution in [2.75, 3.05) is 6.61 Å². The van der Waals surface area contributed by atoms with Crippen LogP contribution >= 0.6 is 0 Å². The first kappa shape index (κ1) is 16.4. The van der Waals surface area contributed by atoms with Crippen molar-refractivity contribution in [3.8, 4) is 17.0 Å². The average molecular weight is 335 g/mol. The fourth-order valence-electron chi connectivity index (χ4n) is 2.21. The Labute approximate surface area is 144 Å². The van der Waals surface area contributed by atoms with Crippen LogP contribution in [-0.4, -0.2) is 33.9 Å². The van der Waals surface area contributed by atoms with Crippen LogP contribution in [0.15, 0.2) is 60.0 Å². The van der Waals surface area contributed by atoms with E-state index in [9.17, 15) is 4.79 Å². The van der Waals surface area contributed by atoms with Gasteiger partial charge in [0, 0.05) is 18.0 Å². The van der Waals surface area contributed by atoms with Gasteiger partial charge in [-0.3, -0.25) is 14.9 Å². The number of benzene rings is 1. The lowest BCUT2D eigenvalue weighted by atomic mass is 10.1. The molecule has 0 saturated heterocycles. The Hall–Kier alpha value is -3.48. The molecular weight excluding hydrogens is 318 g/mol. The molecule has 0 fully saturated rings. The van der Waals surface area contributed by atoms with Gasteiger partial charge in [-0.15, -0.1) is 0 Å². The predicted octanol–water partition coefficient (Wildman–Crippen LogP) is 2.63. The Bertz CT molecular complexity index is 874. The van der Waals surface area contributed by atoms with Gasteiger partial charge < -0.3 is 4.74 Å². The number of carbonyl (C=O) groups excluding carboxylic acids is 1. The van der Waals surface area contributed by atoms with E-state index in [4.69, 9.17) is 4.74 Å². The van der Waals surface area contributed by atoms with E-state index in [-0.39, 0.29) is 5.91 Å². The van der Waals surface area contributed by atoms with Crippen LogP contribution in [0, 0.1) is 0 Å². The second-order valence-corrected chi connectivity index (χ2v) is 5.08. The van der Waals surface area contributed by atoms with E-state index >= 15 is 0 Å². The summed E-state index contributed by atoms with van der Waals surface area (Å²) in [6.45, 7) is 2.47. The zero-order chi connectivity index (χ0) is 17.5. The number of hydrazone groups is 1. The van der Waals surface area contributed by atoms with E-state index in [2.05, 4.69) is 25.7 Å². The summed E-state index contributed by atoms with van der Waals surface area (Å²) in [5.41, 5.74) is 5.06. The summed E-state index contributed by atoms with van der Waals surface area (Å²) < 4.78 is 5.59. The van der Waals surface area contributed by atoms with Gasteiger partial charge in [-0.05, 0) is 42.8 Å². The number of carbonyl (C=O) groups is 1. The zero-order valence-corrected chi connectivity index (χ0v) is 13.6. The number of H-pyrrole nitrogens is 1. The number of nitrogens with zero attached hydrogens (tertiary/aromatic N) is 3. The molecule has 0 saturated carbocycles. The topological polar surface area (TPSA) is 92.3 Å². The number of para-hydroxylation sites is 1. The van der Waals surface area contributed by atoms with E-state index in [1.807, 2.05) is 31.2 Å². The maximum atomic E-state index is 12.2. The number of hydrogen-bond donors (Lipinski definition) is 2. The molecule has 0 aliphatic rings. The molecule has 0 spiro atoms. The average Bonchev–Trinajstić information content (AvgIpc) is 3.13. The molecule has 2 aromatic heterocycles. The van der Waals surface area contributed by atoms with Crippen molar-refractivity contribution in [3.63, 3.8) is 0 Å². The summed E-state index contributed by atoms with van der Waals surface area (Å²) in [7, 11) is 0. The minimum atomic E-state index is -0.377. The number of nitrogens with one attached hydrogen (secondary N) is 2. The minimum Gasteiger partial charge on any atom is -0.493 e. The Morgan fingerprint density at radius 1 is 1.28 bits per heavy atom. The van der Waals surface area contributed by atoms with Crippen molar-refractivity contribution in [1.29, 1.82) is 0 Å². The fourth-order valence-corrected chi connectivity index (χ4v) is 2.21. The SMILES string of the molecule is CCOc1ccccc1-c1cc(C(=O)N/N=C/c2ccncc2)[nH]n1. The predicted molar refractivity (Wildman–Crippen MR) is 94.5 cm³/mol. The van der Waals surface area contributed by atoms with Gasteiger partial charge in [0.25, 0.3) is 5.91 Å². The molecule has 7 heteroatoms. The quantitative estimate of drug-likeness (QED) is 0.535. The maximum absolute atomic E-state index is 12.2. The van der Waals surface area contributed by atoms with Crippen LogP contribution in [0.25, 0.3) is 11.3 Å². The Kier molecular flexibility index (Phi) is 5.16. The standard InChI is InChI=1S/C18H17N5O2/c1-2-25-17-6-4-3-5-14(17)15-11-16(22-21-15)18(24)23-20-12-13-7-9-19-10-8-13/h3-12H,2H2,1H3,(H,21,22)(H,23,24)/b20-12+. The largest absolute Gasteiger partial charge is 0.493 e. The monoisotopic (exact) mass is 335 g/mol. The third kappa shape index (κ3) is 4.08. The molecule has 0 aliphatic carbocycles. The van der Waals surface area contributed by atoms with Crippen molar-refractivity contribution in [3.05, 3.63) is 66.1 Å². The Morgan fingerprint density at radius 2 is 2.08 bits per heavy atom. The van der Waals surface area contributed by atoms with Gasteiger partial charge in [0.05, 0.1) is 18.5 Å². The first-order chi connectivity index (χ1) is 12.3. The van der Waals surface area contributed by atoms with Crippen molar-refractivity contribution in [2.24, 2.45) is 5.10 Å². The molecule has 0 aliphatic heterocycles. The van der Waals surface area contributed by atoms with Crippen LogP contribution < -0.4 is 10.2 Å². The van der Waals surface area contributed by atoms with Crippen LogP contribution in [0.4, 0.5) is 0 Å². The van der Waals surface area contributed by atoms with Crippen LogP contribution in [-0.2, 0) is 0 Å². The summed E-state index contributed by atoms with van der Waals surface area (Å²) in [6, 6.07) is 12.8. The number of hydrogen-bond acceptors (Lipinski definition) is 5. The fraction of sp³-hybridized carbons (Fsp3) is 0.111. The van der Waals surface area contributed by atoms with Gasteiger partial charge in [0.1, 0.15) is 11.4 Å². The molecule has 7 nitrogen and oxygen atoms in total. The summed E-state index contributed by atoms with van der Waals surface area (Å²) >= 11 is 0. The molecule has 0 atom stereocenters. The van der Waals surface area contributed by atoms with Crippen molar-refractivity contribution < 1.29 is 9.53 Å². The summed E-state index contributed by atoms with van der Waals surface area (Å²) in [6.07, 6.45) is 4.85. The highest BCUT2D eigenvalue weighted by atomic mass is 16.5. The normalized spacial score (nSPS) is 10.8. The zero-order valence-electron chi connectivity index (χ0n) is 13.6. The van der Waals surface area contributed by atoms with E-state index in [0.29, 0.717) is 18.0 Å². The third-order valence-electron chi connectivity index (χ3n) is 3.37. The van der Waals surface area contributed by atoms with Crippen molar-refractivity contribution in [2.45, 2.75) is 6.92 Å². The second kappa shape index (κ2) is 7.87. The highest BCUT2D eigenvalue weighted by Crippen LogP contribution is 2.28.